The highest BCUT2D eigenvalue weighted by molar-refractivity contribution is 7.61. The average Bonchev–Trinajstić information content (AvgIpc) is 3.85. The van der Waals surface area contributed by atoms with E-state index in [-0.39, 0.29) is 61.8 Å². The van der Waals surface area contributed by atoms with Gasteiger partial charge in [0.25, 0.3) is 0 Å². The van der Waals surface area contributed by atoms with Crippen LogP contribution in [0.1, 0.15) is 39.3 Å². The van der Waals surface area contributed by atoms with Crippen molar-refractivity contribution in [3.8, 4) is 0 Å². The molecule has 0 aliphatic carbocycles. The minimum absolute atomic E-state index is 0.0125. The van der Waals surface area contributed by atoms with Gasteiger partial charge in [-0.15, -0.1) is 0 Å². The third-order valence-corrected chi connectivity index (χ3v) is 13.5. The summed E-state index contributed by atoms with van der Waals surface area (Å²) in [6, 6.07) is 0. The predicted molar refractivity (Wildman–Crippen MR) is 213 cm³/mol. The predicted octanol–water partition coefficient (Wildman–Crippen LogP) is -3.06. The first-order chi connectivity index (χ1) is 29.8. The van der Waals surface area contributed by atoms with Gasteiger partial charge >= 0.3 is 23.5 Å². The number of hydrogen-bond donors (Lipinski definition) is 9. The van der Waals surface area contributed by atoms with E-state index in [1.54, 1.807) is 4.90 Å². The van der Waals surface area contributed by atoms with Gasteiger partial charge in [0.15, 0.2) is 17.7 Å². The molecule has 0 spiro atoms. The van der Waals surface area contributed by atoms with Crippen molar-refractivity contribution in [3.63, 3.8) is 0 Å². The molecular formula is C32H51N10O19P3. The minimum atomic E-state index is -5.61. The molecule has 8 atom stereocenters. The van der Waals surface area contributed by atoms with E-state index in [1.165, 1.54) is 13.8 Å². The zero-order valence-electron chi connectivity index (χ0n) is 34.6. The van der Waals surface area contributed by atoms with Crippen LogP contribution in [0.5, 0.6) is 0 Å². The number of nitrogens with zero attached hydrogens (tertiary/aromatic N) is 7. The van der Waals surface area contributed by atoms with Crippen LogP contribution in [0.3, 0.4) is 0 Å². The molecule has 5 heterocycles. The molecule has 3 saturated heterocycles. The second kappa shape index (κ2) is 20.7. The molecule has 5 rings (SSSR count). The smallest absolute Gasteiger partial charge is 0.386 e. The molecule has 0 saturated carbocycles. The van der Waals surface area contributed by atoms with Gasteiger partial charge in [-0.25, -0.2) is 28.6 Å². The van der Waals surface area contributed by atoms with E-state index in [9.17, 15) is 67.5 Å². The maximum absolute atomic E-state index is 12.8. The Morgan fingerprint density at radius 3 is 2.34 bits per heavy atom. The molecule has 10 N–H and O–H groups in total. The highest BCUT2D eigenvalue weighted by Crippen LogP contribution is 2.61. The summed E-state index contributed by atoms with van der Waals surface area (Å²) in [6.45, 7) is 2.10. The summed E-state index contributed by atoms with van der Waals surface area (Å²) >= 11 is 0. The third-order valence-electron chi connectivity index (χ3n) is 10.4. The van der Waals surface area contributed by atoms with Gasteiger partial charge in [0.1, 0.15) is 42.8 Å². The number of fused-ring (bicyclic) bond motifs is 1. The maximum Gasteiger partial charge on any atom is 0.481 e. The van der Waals surface area contributed by atoms with Gasteiger partial charge in [-0.3, -0.25) is 47.0 Å². The van der Waals surface area contributed by atoms with E-state index < -0.39 is 102 Å². The quantitative estimate of drug-likeness (QED) is 0.0443. The molecule has 3 fully saturated rings. The summed E-state index contributed by atoms with van der Waals surface area (Å²) in [4.78, 5) is 119. The molecule has 64 heavy (non-hydrogen) atoms. The Kier molecular flexibility index (Phi) is 16.6. The number of likely N-dealkylation sites (N-methyl/N-ethyl adjacent to an activating group) is 1. The largest absolute Gasteiger partial charge is 0.481 e. The number of nitrogen functional groups attached to an aromatic ring is 1. The van der Waals surface area contributed by atoms with Crippen LogP contribution < -0.4 is 16.4 Å². The van der Waals surface area contributed by atoms with Gasteiger partial charge in [0.2, 0.25) is 29.5 Å². The zero-order chi connectivity index (χ0) is 47.4. The van der Waals surface area contributed by atoms with Crippen molar-refractivity contribution in [3.05, 3.63) is 12.7 Å². The number of aliphatic hydroxyl groups excluding tert-OH is 2. The number of likely N-dealkylation sites (tertiary alicyclic amines) is 1. The summed E-state index contributed by atoms with van der Waals surface area (Å²) in [6.07, 6.45) is -7.16. The Hall–Kier alpha value is -3.89. The molecular weight excluding hydrogens is 921 g/mol. The van der Waals surface area contributed by atoms with Crippen molar-refractivity contribution in [2.24, 2.45) is 11.3 Å². The first-order valence-electron chi connectivity index (χ1n) is 19.5. The first-order valence-corrected chi connectivity index (χ1v) is 24.0. The molecule has 0 aromatic carbocycles. The van der Waals surface area contributed by atoms with Gasteiger partial charge < -0.3 is 60.7 Å². The number of phosphoric acid groups is 3. The van der Waals surface area contributed by atoms with E-state index >= 15 is 0 Å². The van der Waals surface area contributed by atoms with Crippen LogP contribution in [0.2, 0.25) is 0 Å². The number of imide groups is 1. The number of carbonyl (C=O) groups excluding carboxylic acids is 5. The second-order valence-electron chi connectivity index (χ2n) is 15.8. The number of rotatable bonds is 21. The first kappa shape index (κ1) is 51.1. The van der Waals surface area contributed by atoms with Gasteiger partial charge in [0.05, 0.1) is 19.5 Å². The van der Waals surface area contributed by atoms with Crippen LogP contribution in [0.25, 0.3) is 11.2 Å². The lowest BCUT2D eigenvalue weighted by Crippen LogP contribution is -2.50. The number of nitrogens with two attached hydrogens (primary N) is 1. The summed E-state index contributed by atoms with van der Waals surface area (Å²) in [5, 5.41) is 26.5. The van der Waals surface area contributed by atoms with E-state index in [0.29, 0.717) is 26.2 Å². The Morgan fingerprint density at radius 2 is 1.67 bits per heavy atom. The number of aliphatic hydroxyl groups is 2. The number of anilines is 1. The SMILES string of the molecule is CN1CCN(C(=O)CN2C(=O)CC(CCNC(=O)CCNC(=O)C(O)C(C)(C)COP(=O)(O)OP(=O)(O)OCC3OC(n4cnc5c(N)ncnc54)C(O)C3OP(=O)(O)O)C2=O)CC1. The van der Waals surface area contributed by atoms with Crippen molar-refractivity contribution in [2.45, 2.75) is 63.8 Å². The molecule has 5 amide bonds. The lowest BCUT2D eigenvalue weighted by molar-refractivity contribution is -0.146. The topological polar surface area (TPSA) is 407 Å². The van der Waals surface area contributed by atoms with Crippen molar-refractivity contribution < 1.29 is 90.1 Å². The number of carbonyl (C=O) groups is 5. The lowest BCUT2D eigenvalue weighted by Gasteiger charge is -2.33. The molecule has 0 radical (unpaired) electrons. The van der Waals surface area contributed by atoms with E-state index in [4.69, 9.17) is 19.5 Å². The Bertz CT molecular complexity index is 2200. The number of amides is 5. The fourth-order valence-electron chi connectivity index (χ4n) is 6.76. The number of piperazine rings is 1. The maximum atomic E-state index is 12.8. The molecule has 358 valence electrons. The third kappa shape index (κ3) is 13.4. The average molecular weight is 973 g/mol. The van der Waals surface area contributed by atoms with Gasteiger partial charge in [-0.1, -0.05) is 13.8 Å². The fourth-order valence-corrected chi connectivity index (χ4v) is 9.59. The fraction of sp³-hybridized carbons (Fsp3) is 0.688. The van der Waals surface area contributed by atoms with Crippen molar-refractivity contribution in [1.29, 1.82) is 0 Å². The van der Waals surface area contributed by atoms with E-state index in [1.807, 2.05) is 7.05 Å². The Labute approximate surface area is 364 Å². The van der Waals surface area contributed by atoms with Crippen LogP contribution in [0.4, 0.5) is 5.82 Å². The van der Waals surface area contributed by atoms with Crippen LogP contribution in [0.15, 0.2) is 12.7 Å². The summed E-state index contributed by atoms with van der Waals surface area (Å²) < 4.78 is 62.3. The number of ether oxygens (including phenoxy) is 1. The number of nitrogens with one attached hydrogen (secondary N) is 2. The monoisotopic (exact) mass is 972 g/mol. The van der Waals surface area contributed by atoms with Crippen LogP contribution >= 0.6 is 23.5 Å². The van der Waals surface area contributed by atoms with Crippen molar-refractivity contribution in [1.82, 2.24) is 44.9 Å². The lowest BCUT2D eigenvalue weighted by atomic mass is 9.87. The summed E-state index contributed by atoms with van der Waals surface area (Å²) in [5.41, 5.74) is 4.19. The van der Waals surface area contributed by atoms with Crippen LogP contribution in [-0.2, 0) is 60.3 Å². The van der Waals surface area contributed by atoms with Gasteiger partial charge in [-0.2, -0.15) is 4.31 Å². The molecule has 29 nitrogen and oxygen atoms in total. The number of hydrogen-bond acceptors (Lipinski definition) is 20. The highest BCUT2D eigenvalue weighted by atomic mass is 31.3. The number of aromatic nitrogens is 4. The van der Waals surface area contributed by atoms with E-state index in [0.717, 1.165) is 22.1 Å². The van der Waals surface area contributed by atoms with Crippen LogP contribution in [0, 0.1) is 11.3 Å². The number of phosphoric ester groups is 3. The molecule has 2 aromatic heterocycles. The van der Waals surface area contributed by atoms with E-state index in [2.05, 4.69) is 39.3 Å². The van der Waals surface area contributed by atoms with Gasteiger partial charge in [-0.05, 0) is 13.5 Å². The zero-order valence-corrected chi connectivity index (χ0v) is 37.3. The Balaban J connectivity index is 1.03. The van der Waals surface area contributed by atoms with Crippen LogP contribution in [-0.4, -0.2) is 184 Å². The highest BCUT2D eigenvalue weighted by Gasteiger charge is 2.50. The van der Waals surface area contributed by atoms with Crippen molar-refractivity contribution >= 4 is 70.0 Å². The normalized spacial score (nSPS) is 24.7. The van der Waals surface area contributed by atoms with Crippen molar-refractivity contribution in [2.75, 3.05) is 71.8 Å². The molecule has 2 aromatic rings. The second-order valence-corrected chi connectivity index (χ2v) is 20.0. The molecule has 8 unspecified atom stereocenters. The van der Waals surface area contributed by atoms with Gasteiger partial charge in [0, 0.05) is 63.4 Å². The molecule has 0 bridgehead atoms. The number of imidazole rings is 1. The minimum Gasteiger partial charge on any atom is -0.386 e. The Morgan fingerprint density at radius 1 is 1.00 bits per heavy atom. The summed E-state index contributed by atoms with van der Waals surface area (Å²) in [5.74, 6) is -3.65. The standard InChI is InChI=1S/C32H51N10O19P3/c1-32(2,26(47)29(48)35-7-5-20(43)34-6-4-18-12-21(44)41(30(18)49)13-22(45)40-10-8-39(3)9-11-40)15-58-64(55,56)61-63(53,54)57-14-19-25(60-62(50,51)52)24(46)31(59-19)42-17-38-23-27(33)36-16-37-28(23)42/h16-19,24-26,31,46-47H,4-15H2,1-3H3,(H,34,43)(H,35,48)(H,53,54)(H,55,56)(H2,33,36,37)(H2,50,51,52). The molecule has 3 aliphatic rings. The summed E-state index contributed by atoms with van der Waals surface area (Å²) in [7, 11) is -14.6. The molecule has 32 heteroatoms. The molecule has 3 aliphatic heterocycles.